The molecule has 5 heteroatoms. The predicted molar refractivity (Wildman–Crippen MR) is 66.1 cm³/mol. The molecular weight excluding hydrogens is 240 g/mol. The number of halogens is 1. The minimum atomic E-state index is 0.282. The van der Waals surface area contributed by atoms with Crippen LogP contribution in [0.25, 0.3) is 11.3 Å². The molecule has 1 aromatic carbocycles. The third kappa shape index (κ3) is 2.28. The van der Waals surface area contributed by atoms with Crippen molar-refractivity contribution in [3.63, 3.8) is 0 Å². The molecule has 1 aromatic heterocycles. The highest BCUT2D eigenvalue weighted by Crippen LogP contribution is 2.31. The number of hydrogen-bond donors (Lipinski definition) is 1. The second kappa shape index (κ2) is 4.77. The van der Waals surface area contributed by atoms with Crippen LogP contribution in [-0.4, -0.2) is 12.1 Å². The van der Waals surface area contributed by atoms with E-state index in [9.17, 15) is 0 Å². The van der Waals surface area contributed by atoms with Gasteiger partial charge in [-0.15, -0.1) is 0 Å². The van der Waals surface area contributed by atoms with Gasteiger partial charge in [-0.1, -0.05) is 11.6 Å². The van der Waals surface area contributed by atoms with Crippen LogP contribution in [0.2, 0.25) is 5.02 Å². The van der Waals surface area contributed by atoms with Gasteiger partial charge in [-0.3, -0.25) is 0 Å². The van der Waals surface area contributed by atoms with Crippen LogP contribution in [-0.2, 0) is 6.54 Å². The summed E-state index contributed by atoms with van der Waals surface area (Å²) >= 11 is 6.06. The Morgan fingerprint density at radius 2 is 2.24 bits per heavy atom. The van der Waals surface area contributed by atoms with E-state index in [1.54, 1.807) is 19.2 Å². The van der Waals surface area contributed by atoms with Gasteiger partial charge in [0.05, 0.1) is 18.7 Å². The van der Waals surface area contributed by atoms with E-state index in [2.05, 4.69) is 4.98 Å². The van der Waals surface area contributed by atoms with Gasteiger partial charge < -0.3 is 14.9 Å². The number of rotatable bonds is 3. The number of aryl methyl sites for hydroxylation is 1. The monoisotopic (exact) mass is 252 g/mol. The molecule has 4 nitrogen and oxygen atoms in total. The molecule has 0 unspecified atom stereocenters. The Morgan fingerprint density at radius 3 is 2.76 bits per heavy atom. The lowest BCUT2D eigenvalue weighted by Gasteiger charge is -2.04. The van der Waals surface area contributed by atoms with E-state index in [1.807, 2.05) is 13.0 Å². The zero-order chi connectivity index (χ0) is 12.4. The maximum absolute atomic E-state index is 6.06. The topological polar surface area (TPSA) is 61.3 Å². The van der Waals surface area contributed by atoms with Crippen molar-refractivity contribution < 1.29 is 9.15 Å². The Hall–Kier alpha value is -1.52. The maximum atomic E-state index is 6.06. The van der Waals surface area contributed by atoms with Crippen molar-refractivity contribution in [1.29, 1.82) is 0 Å². The summed E-state index contributed by atoms with van der Waals surface area (Å²) in [5.74, 6) is 1.88. The van der Waals surface area contributed by atoms with Gasteiger partial charge in [0.15, 0.2) is 0 Å². The summed E-state index contributed by atoms with van der Waals surface area (Å²) in [6, 6.07) is 5.48. The number of hydrogen-bond acceptors (Lipinski definition) is 4. The molecule has 0 aliphatic heterocycles. The highest BCUT2D eigenvalue weighted by molar-refractivity contribution is 6.32. The number of methoxy groups -OCH3 is 1. The molecule has 1 heterocycles. The Kier molecular flexibility index (Phi) is 3.36. The molecular formula is C12H13ClN2O2. The van der Waals surface area contributed by atoms with Crippen molar-refractivity contribution in [3.05, 3.63) is 34.9 Å². The minimum Gasteiger partial charge on any atom is -0.495 e. The quantitative estimate of drug-likeness (QED) is 0.912. The lowest BCUT2D eigenvalue weighted by Crippen LogP contribution is -1.95. The summed E-state index contributed by atoms with van der Waals surface area (Å²) < 4.78 is 10.5. The van der Waals surface area contributed by atoms with Crippen LogP contribution in [0.1, 0.15) is 11.7 Å². The molecule has 0 aliphatic rings. The molecule has 90 valence electrons. The fraction of sp³-hybridized carbons (Fsp3) is 0.250. The zero-order valence-corrected chi connectivity index (χ0v) is 10.4. The van der Waals surface area contributed by atoms with Crippen molar-refractivity contribution in [2.45, 2.75) is 13.5 Å². The van der Waals surface area contributed by atoms with E-state index >= 15 is 0 Å². The summed E-state index contributed by atoms with van der Waals surface area (Å²) in [5, 5.41) is 0.543. The van der Waals surface area contributed by atoms with Crippen LogP contribution in [0, 0.1) is 6.92 Å². The summed E-state index contributed by atoms with van der Waals surface area (Å²) in [4.78, 5) is 4.30. The Bertz CT molecular complexity index is 537. The van der Waals surface area contributed by atoms with Crippen molar-refractivity contribution in [2.75, 3.05) is 7.11 Å². The molecule has 0 bridgehead atoms. The molecule has 0 radical (unpaired) electrons. The zero-order valence-electron chi connectivity index (χ0n) is 9.66. The maximum Gasteiger partial charge on any atom is 0.208 e. The first kappa shape index (κ1) is 12.0. The van der Waals surface area contributed by atoms with E-state index in [1.165, 1.54) is 0 Å². The van der Waals surface area contributed by atoms with E-state index in [0.717, 1.165) is 17.0 Å². The number of nitrogens with zero attached hydrogens (tertiary/aromatic N) is 1. The molecule has 0 fully saturated rings. The van der Waals surface area contributed by atoms with Gasteiger partial charge in [0, 0.05) is 5.56 Å². The van der Waals surface area contributed by atoms with Gasteiger partial charge in [0.1, 0.15) is 17.2 Å². The van der Waals surface area contributed by atoms with Gasteiger partial charge in [-0.2, -0.15) is 0 Å². The Labute approximate surface area is 104 Å². The summed E-state index contributed by atoms with van der Waals surface area (Å²) in [6.07, 6.45) is 0. The first-order chi connectivity index (χ1) is 8.15. The van der Waals surface area contributed by atoms with Crippen molar-refractivity contribution >= 4 is 11.6 Å². The number of nitrogens with two attached hydrogens (primary N) is 1. The van der Waals surface area contributed by atoms with Gasteiger partial charge in [0.25, 0.3) is 0 Å². The largest absolute Gasteiger partial charge is 0.495 e. The van der Waals surface area contributed by atoms with Crippen LogP contribution < -0.4 is 10.5 Å². The SMILES string of the molecule is COc1ccc(-c2nc(CN)oc2C)cc1Cl. The third-order valence-electron chi connectivity index (χ3n) is 2.44. The predicted octanol–water partition coefficient (Wildman–Crippen LogP) is 2.77. The van der Waals surface area contributed by atoms with E-state index in [0.29, 0.717) is 16.7 Å². The summed E-state index contributed by atoms with van der Waals surface area (Å²) in [5.41, 5.74) is 7.13. The molecule has 0 saturated carbocycles. The number of ether oxygens (including phenoxy) is 1. The van der Waals surface area contributed by atoms with E-state index in [-0.39, 0.29) is 6.54 Å². The molecule has 0 atom stereocenters. The average Bonchev–Trinajstić information content (AvgIpc) is 2.70. The standard InChI is InChI=1S/C12H13ClN2O2/c1-7-12(15-11(6-14)17-7)8-3-4-10(16-2)9(13)5-8/h3-5H,6,14H2,1-2H3. The van der Waals surface area contributed by atoms with Crippen molar-refractivity contribution in [3.8, 4) is 17.0 Å². The van der Waals surface area contributed by atoms with Crippen molar-refractivity contribution in [1.82, 2.24) is 4.98 Å². The first-order valence-electron chi connectivity index (χ1n) is 5.16. The second-order valence-electron chi connectivity index (χ2n) is 3.57. The second-order valence-corrected chi connectivity index (χ2v) is 3.97. The first-order valence-corrected chi connectivity index (χ1v) is 5.53. The van der Waals surface area contributed by atoms with Gasteiger partial charge in [-0.05, 0) is 25.1 Å². The average molecular weight is 253 g/mol. The molecule has 2 rings (SSSR count). The van der Waals surface area contributed by atoms with E-state index in [4.69, 9.17) is 26.5 Å². The van der Waals surface area contributed by atoms with E-state index < -0.39 is 0 Å². The Balaban J connectivity index is 2.45. The third-order valence-corrected chi connectivity index (χ3v) is 2.74. The van der Waals surface area contributed by atoms with Crippen LogP contribution in [0.3, 0.4) is 0 Å². The van der Waals surface area contributed by atoms with Crippen LogP contribution in [0.5, 0.6) is 5.75 Å². The highest BCUT2D eigenvalue weighted by atomic mass is 35.5. The van der Waals surface area contributed by atoms with Crippen molar-refractivity contribution in [2.24, 2.45) is 5.73 Å². The number of oxazole rings is 1. The molecule has 2 aromatic rings. The number of benzene rings is 1. The molecule has 0 spiro atoms. The molecule has 2 N–H and O–H groups in total. The van der Waals surface area contributed by atoms with Crippen LogP contribution in [0.15, 0.2) is 22.6 Å². The fourth-order valence-corrected chi connectivity index (χ4v) is 1.88. The van der Waals surface area contributed by atoms with Crippen LogP contribution in [0.4, 0.5) is 0 Å². The molecule has 0 amide bonds. The summed E-state index contributed by atoms with van der Waals surface area (Å²) in [7, 11) is 1.58. The highest BCUT2D eigenvalue weighted by Gasteiger charge is 2.12. The van der Waals surface area contributed by atoms with Gasteiger partial charge >= 0.3 is 0 Å². The lowest BCUT2D eigenvalue weighted by atomic mass is 10.1. The molecule has 0 saturated heterocycles. The normalized spacial score (nSPS) is 10.6. The smallest absolute Gasteiger partial charge is 0.208 e. The summed E-state index contributed by atoms with van der Waals surface area (Å²) in [6.45, 7) is 2.13. The number of aromatic nitrogens is 1. The van der Waals surface area contributed by atoms with Gasteiger partial charge in [-0.25, -0.2) is 4.98 Å². The Morgan fingerprint density at radius 1 is 1.47 bits per heavy atom. The molecule has 17 heavy (non-hydrogen) atoms. The minimum absolute atomic E-state index is 0.282. The molecule has 0 aliphatic carbocycles. The van der Waals surface area contributed by atoms with Gasteiger partial charge in [0.2, 0.25) is 5.89 Å². The fourth-order valence-electron chi connectivity index (χ4n) is 1.62. The van der Waals surface area contributed by atoms with Crippen LogP contribution >= 0.6 is 11.6 Å². The lowest BCUT2D eigenvalue weighted by molar-refractivity contribution is 0.415.